The summed E-state index contributed by atoms with van der Waals surface area (Å²) >= 11 is 0. The van der Waals surface area contributed by atoms with Crippen LogP contribution in [0.25, 0.3) is 0 Å². The molecule has 1 amide bonds. The fraction of sp³-hybridized carbons (Fsp3) is 0.857. The van der Waals surface area contributed by atoms with E-state index in [4.69, 9.17) is 0 Å². The molecule has 2 aliphatic rings. The molecule has 0 radical (unpaired) electrons. The van der Waals surface area contributed by atoms with Crippen molar-refractivity contribution < 1.29 is 23.1 Å². The molecule has 7 nitrogen and oxygen atoms in total. The topological polar surface area (TPSA) is 95.0 Å². The van der Waals surface area contributed by atoms with Gasteiger partial charge in [0.2, 0.25) is 15.9 Å². The lowest BCUT2D eigenvalue weighted by molar-refractivity contribution is -0.157. The smallest absolute Gasteiger partial charge is 0.329 e. The van der Waals surface area contributed by atoms with Crippen molar-refractivity contribution in [3.05, 3.63) is 0 Å². The Morgan fingerprint density at radius 2 is 1.95 bits per heavy atom. The lowest BCUT2D eigenvalue weighted by Gasteiger charge is -2.37. The second-order valence-electron chi connectivity index (χ2n) is 6.27. The van der Waals surface area contributed by atoms with E-state index in [9.17, 15) is 23.1 Å². The second kappa shape index (κ2) is 6.16. The third-order valence-corrected chi connectivity index (χ3v) is 6.71. The number of carboxylic acids is 1. The Bertz CT molecular complexity index is 562. The van der Waals surface area contributed by atoms with E-state index in [1.165, 1.54) is 9.21 Å². The van der Waals surface area contributed by atoms with Gasteiger partial charge in [0.05, 0.1) is 11.7 Å². The molecule has 0 aliphatic carbocycles. The van der Waals surface area contributed by atoms with Crippen molar-refractivity contribution in [3.8, 4) is 0 Å². The molecule has 22 heavy (non-hydrogen) atoms. The van der Waals surface area contributed by atoms with Crippen LogP contribution in [0.15, 0.2) is 0 Å². The zero-order chi connectivity index (χ0) is 16.5. The summed E-state index contributed by atoms with van der Waals surface area (Å²) in [6.45, 7) is 4.20. The highest BCUT2D eigenvalue weighted by Crippen LogP contribution is 2.32. The minimum Gasteiger partial charge on any atom is -0.480 e. The normalized spacial score (nSPS) is 30.5. The number of sulfonamides is 1. The fourth-order valence-electron chi connectivity index (χ4n) is 3.34. The number of carboxylic acid groups (broad SMARTS) is 1. The van der Waals surface area contributed by atoms with Crippen molar-refractivity contribution in [2.45, 2.75) is 45.1 Å². The first-order valence-corrected chi connectivity index (χ1v) is 9.36. The van der Waals surface area contributed by atoms with Crippen molar-refractivity contribution in [3.63, 3.8) is 0 Å². The van der Waals surface area contributed by atoms with Crippen LogP contribution in [0, 0.1) is 5.92 Å². The molecule has 2 saturated heterocycles. The van der Waals surface area contributed by atoms with E-state index in [1.807, 2.05) is 0 Å². The molecular weight excluding hydrogens is 308 g/mol. The second-order valence-corrected chi connectivity index (χ2v) is 8.53. The molecule has 2 heterocycles. The number of nitrogens with zero attached hydrogens (tertiary/aromatic N) is 2. The van der Waals surface area contributed by atoms with E-state index in [1.54, 1.807) is 13.8 Å². The molecule has 0 aromatic heterocycles. The first-order chi connectivity index (χ1) is 10.2. The van der Waals surface area contributed by atoms with Crippen LogP contribution in [0.4, 0.5) is 0 Å². The molecule has 1 N–H and O–H groups in total. The zero-order valence-corrected chi connectivity index (χ0v) is 13.9. The van der Waals surface area contributed by atoms with Crippen LogP contribution in [0.5, 0.6) is 0 Å². The Balaban J connectivity index is 2.14. The summed E-state index contributed by atoms with van der Waals surface area (Å²) < 4.78 is 25.3. The fourth-order valence-corrected chi connectivity index (χ4v) is 4.52. The number of aliphatic carboxylic acids is 1. The Morgan fingerprint density at radius 3 is 2.55 bits per heavy atom. The van der Waals surface area contributed by atoms with Crippen LogP contribution in [0.1, 0.15) is 39.5 Å². The summed E-state index contributed by atoms with van der Waals surface area (Å²) in [5.41, 5.74) is -1.16. The minimum atomic E-state index is -3.31. The summed E-state index contributed by atoms with van der Waals surface area (Å²) in [5, 5.41) is 9.41. The van der Waals surface area contributed by atoms with Gasteiger partial charge in [0, 0.05) is 19.6 Å². The van der Waals surface area contributed by atoms with Gasteiger partial charge in [-0.3, -0.25) is 4.79 Å². The molecule has 2 aliphatic heterocycles. The number of hydrogen-bond donors (Lipinski definition) is 1. The van der Waals surface area contributed by atoms with E-state index in [-0.39, 0.29) is 18.2 Å². The lowest BCUT2D eigenvalue weighted by Crippen LogP contribution is -2.55. The maximum atomic E-state index is 12.7. The highest BCUT2D eigenvalue weighted by atomic mass is 32.2. The third-order valence-electron chi connectivity index (χ3n) is 4.86. The summed E-state index contributed by atoms with van der Waals surface area (Å²) in [7, 11) is -3.31. The molecule has 2 rings (SSSR count). The lowest BCUT2D eigenvalue weighted by atomic mass is 9.94. The van der Waals surface area contributed by atoms with Gasteiger partial charge >= 0.3 is 5.97 Å². The number of carbonyl (C=O) groups is 2. The van der Waals surface area contributed by atoms with Crippen molar-refractivity contribution in [2.75, 3.05) is 25.4 Å². The molecule has 2 atom stereocenters. The van der Waals surface area contributed by atoms with E-state index < -0.39 is 27.4 Å². The first kappa shape index (κ1) is 17.2. The van der Waals surface area contributed by atoms with E-state index in [2.05, 4.69) is 0 Å². The van der Waals surface area contributed by atoms with E-state index in [0.29, 0.717) is 38.8 Å². The molecule has 2 unspecified atom stereocenters. The van der Waals surface area contributed by atoms with Crippen LogP contribution in [0.2, 0.25) is 0 Å². The van der Waals surface area contributed by atoms with Crippen molar-refractivity contribution in [1.29, 1.82) is 0 Å². The largest absolute Gasteiger partial charge is 0.480 e. The van der Waals surface area contributed by atoms with Gasteiger partial charge in [0.1, 0.15) is 5.54 Å². The van der Waals surface area contributed by atoms with Crippen LogP contribution in [-0.2, 0) is 19.6 Å². The van der Waals surface area contributed by atoms with Gasteiger partial charge in [0.25, 0.3) is 0 Å². The van der Waals surface area contributed by atoms with Crippen LogP contribution >= 0.6 is 0 Å². The first-order valence-electron chi connectivity index (χ1n) is 7.75. The van der Waals surface area contributed by atoms with E-state index >= 15 is 0 Å². The van der Waals surface area contributed by atoms with Crippen LogP contribution in [0.3, 0.4) is 0 Å². The molecule has 0 aromatic rings. The van der Waals surface area contributed by atoms with Crippen molar-refractivity contribution >= 4 is 21.9 Å². The van der Waals surface area contributed by atoms with Gasteiger partial charge in [-0.2, -0.15) is 0 Å². The zero-order valence-electron chi connectivity index (χ0n) is 13.1. The molecule has 0 saturated carbocycles. The van der Waals surface area contributed by atoms with Gasteiger partial charge in [-0.25, -0.2) is 17.5 Å². The molecule has 0 aromatic carbocycles. The average molecular weight is 332 g/mol. The summed E-state index contributed by atoms with van der Waals surface area (Å²) in [5.74, 6) is -1.64. The van der Waals surface area contributed by atoms with Crippen molar-refractivity contribution in [2.24, 2.45) is 5.92 Å². The molecule has 126 valence electrons. The molecule has 8 heteroatoms. The predicted octanol–water partition coefficient (Wildman–Crippen LogP) is 0.514. The SMILES string of the molecule is CCS(=O)(=O)N1CCCC(C(=O)N2CCCC2(C)C(=O)O)C1. The Morgan fingerprint density at radius 1 is 1.27 bits per heavy atom. The van der Waals surface area contributed by atoms with Gasteiger partial charge in [-0.1, -0.05) is 0 Å². The van der Waals surface area contributed by atoms with Gasteiger partial charge in [-0.15, -0.1) is 0 Å². The van der Waals surface area contributed by atoms with Gasteiger partial charge < -0.3 is 10.0 Å². The highest BCUT2D eigenvalue weighted by molar-refractivity contribution is 7.89. The molecule has 0 bridgehead atoms. The Hall–Kier alpha value is -1.15. The summed E-state index contributed by atoms with van der Waals surface area (Å²) in [4.78, 5) is 25.6. The Kier molecular flexibility index (Phi) is 4.81. The number of hydrogen-bond acceptors (Lipinski definition) is 4. The third kappa shape index (κ3) is 2.99. The van der Waals surface area contributed by atoms with Crippen LogP contribution < -0.4 is 0 Å². The number of likely N-dealkylation sites (tertiary alicyclic amines) is 1. The minimum absolute atomic E-state index is 0.0183. The number of rotatable bonds is 4. The number of piperidine rings is 1. The average Bonchev–Trinajstić information content (AvgIpc) is 2.90. The summed E-state index contributed by atoms with van der Waals surface area (Å²) in [6, 6.07) is 0. The maximum Gasteiger partial charge on any atom is 0.329 e. The quantitative estimate of drug-likeness (QED) is 0.809. The standard InChI is InChI=1S/C14H24N2O5S/c1-3-22(20,21)15-8-4-6-11(10-15)12(17)16-9-5-7-14(16,2)13(18)19/h11H,3-10H2,1-2H3,(H,18,19). The Labute approximate surface area is 131 Å². The van der Waals surface area contributed by atoms with Crippen LogP contribution in [-0.4, -0.2) is 65.5 Å². The van der Waals surface area contributed by atoms with Crippen molar-refractivity contribution in [1.82, 2.24) is 9.21 Å². The summed E-state index contributed by atoms with van der Waals surface area (Å²) in [6.07, 6.45) is 2.35. The van der Waals surface area contributed by atoms with Gasteiger partial charge in [0.15, 0.2) is 0 Å². The predicted molar refractivity (Wildman–Crippen MR) is 80.7 cm³/mol. The molecule has 0 spiro atoms. The molecule has 2 fully saturated rings. The van der Waals surface area contributed by atoms with Gasteiger partial charge in [-0.05, 0) is 39.5 Å². The number of carbonyl (C=O) groups excluding carboxylic acids is 1. The highest BCUT2D eigenvalue weighted by Gasteiger charge is 2.48. The monoisotopic (exact) mass is 332 g/mol. The van der Waals surface area contributed by atoms with E-state index in [0.717, 1.165) is 0 Å². The maximum absolute atomic E-state index is 12.7. The number of amides is 1. The molecular formula is C14H24N2O5S.